The normalized spacial score (nSPS) is 18.7. The van der Waals surface area contributed by atoms with Crippen LogP contribution in [0.1, 0.15) is 27.9 Å². The molecule has 2 N–H and O–H groups in total. The lowest BCUT2D eigenvalue weighted by Crippen LogP contribution is -2.57. The van der Waals surface area contributed by atoms with Crippen molar-refractivity contribution in [3.63, 3.8) is 0 Å². The Bertz CT molecular complexity index is 1720. The summed E-state index contributed by atoms with van der Waals surface area (Å²) in [5.41, 5.74) is 2.79. The van der Waals surface area contributed by atoms with Crippen LogP contribution in [-0.4, -0.2) is 53.6 Å². The predicted molar refractivity (Wildman–Crippen MR) is 155 cm³/mol. The monoisotopic (exact) mass is 578 g/mol. The topological polar surface area (TPSA) is 129 Å². The molecule has 2 atom stereocenters. The number of carbonyl (C=O) groups is 2. The highest BCUT2D eigenvalue weighted by Crippen LogP contribution is 2.27. The van der Waals surface area contributed by atoms with Crippen molar-refractivity contribution < 1.29 is 23.5 Å². The second-order valence-corrected chi connectivity index (χ2v) is 10.3. The summed E-state index contributed by atoms with van der Waals surface area (Å²) < 4.78 is 26.6. The van der Waals surface area contributed by atoms with Crippen molar-refractivity contribution in [2.45, 2.75) is 25.1 Å². The van der Waals surface area contributed by atoms with Crippen molar-refractivity contribution in [3.8, 4) is 28.7 Å². The molecule has 0 saturated carbocycles. The van der Waals surface area contributed by atoms with E-state index in [1.54, 1.807) is 54.9 Å². The van der Waals surface area contributed by atoms with Crippen molar-refractivity contribution in [1.29, 1.82) is 5.26 Å². The lowest BCUT2D eigenvalue weighted by molar-refractivity contribution is -0.123. The molecule has 4 heterocycles. The maximum Gasteiger partial charge on any atom is 0.258 e. The fourth-order valence-electron chi connectivity index (χ4n) is 5.18. The molecule has 2 aliphatic heterocycles. The minimum Gasteiger partial charge on any atom is -0.488 e. The van der Waals surface area contributed by atoms with E-state index in [-0.39, 0.29) is 30.7 Å². The Morgan fingerprint density at radius 3 is 2.77 bits per heavy atom. The van der Waals surface area contributed by atoms with E-state index < -0.39 is 18.0 Å². The molecule has 10 nitrogen and oxygen atoms in total. The molecule has 2 aromatic heterocycles. The molecule has 0 spiro atoms. The van der Waals surface area contributed by atoms with Gasteiger partial charge in [-0.25, -0.2) is 9.37 Å². The van der Waals surface area contributed by atoms with Gasteiger partial charge in [0.15, 0.2) is 6.61 Å². The fourth-order valence-corrected chi connectivity index (χ4v) is 5.18. The molecule has 1 saturated heterocycles. The Morgan fingerprint density at radius 1 is 1.00 bits per heavy atom. The lowest BCUT2D eigenvalue weighted by atomic mass is 10.0. The molecule has 2 aliphatic rings. The maximum atomic E-state index is 14.6. The number of amides is 2. The van der Waals surface area contributed by atoms with Gasteiger partial charge in [0.05, 0.1) is 23.2 Å². The smallest absolute Gasteiger partial charge is 0.258 e. The number of hydrogen-bond acceptors (Lipinski definition) is 8. The van der Waals surface area contributed by atoms with Gasteiger partial charge in [-0.05, 0) is 53.6 Å². The highest BCUT2D eigenvalue weighted by atomic mass is 19.1. The van der Waals surface area contributed by atoms with Crippen molar-refractivity contribution in [2.24, 2.45) is 0 Å². The van der Waals surface area contributed by atoms with E-state index in [1.807, 2.05) is 11.0 Å². The van der Waals surface area contributed by atoms with Crippen molar-refractivity contribution >= 4 is 17.6 Å². The average Bonchev–Trinajstić information content (AvgIpc) is 3.03. The number of halogens is 1. The van der Waals surface area contributed by atoms with Crippen LogP contribution in [-0.2, 0) is 11.3 Å². The molecule has 216 valence electrons. The number of nitrogens with zero attached hydrogens (tertiary/aromatic N) is 4. The number of benzene rings is 2. The first-order valence-corrected chi connectivity index (χ1v) is 13.8. The summed E-state index contributed by atoms with van der Waals surface area (Å²) in [4.78, 5) is 36.8. The largest absolute Gasteiger partial charge is 0.488 e. The van der Waals surface area contributed by atoms with Gasteiger partial charge >= 0.3 is 0 Å². The molecule has 0 aliphatic carbocycles. The lowest BCUT2D eigenvalue weighted by Gasteiger charge is -2.39. The van der Waals surface area contributed by atoms with Gasteiger partial charge in [-0.15, -0.1) is 0 Å². The van der Waals surface area contributed by atoms with Gasteiger partial charge in [0, 0.05) is 56.3 Å². The first-order chi connectivity index (χ1) is 20.9. The zero-order chi connectivity index (χ0) is 29.8. The fraction of sp³-hybridized carbons (Fsp3) is 0.219. The van der Waals surface area contributed by atoms with Crippen LogP contribution in [0.4, 0.5) is 10.2 Å². The van der Waals surface area contributed by atoms with Gasteiger partial charge in [-0.2, -0.15) is 5.26 Å². The SMILES string of the molecule is N#Cc1ccnc(N2CC[C@@H]3Oc4cc(F)cc(c4)CNC(=O)COc4cccc(c4)-c4cncc(c4)C(=O)N[C@@H]3C2)c1. The second-order valence-electron chi connectivity index (χ2n) is 10.3. The van der Waals surface area contributed by atoms with Gasteiger partial charge in [0.2, 0.25) is 0 Å². The second kappa shape index (κ2) is 12.2. The van der Waals surface area contributed by atoms with Crippen LogP contribution in [0.15, 0.2) is 79.3 Å². The number of pyridine rings is 2. The summed E-state index contributed by atoms with van der Waals surface area (Å²) in [6.45, 7) is 0.718. The van der Waals surface area contributed by atoms with Gasteiger partial charge in [-0.1, -0.05) is 12.1 Å². The van der Waals surface area contributed by atoms with E-state index in [2.05, 4.69) is 26.7 Å². The van der Waals surface area contributed by atoms with E-state index >= 15 is 0 Å². The summed E-state index contributed by atoms with van der Waals surface area (Å²) in [6.07, 6.45) is 4.68. The van der Waals surface area contributed by atoms with Gasteiger partial charge < -0.3 is 25.0 Å². The van der Waals surface area contributed by atoms with Crippen LogP contribution in [0.25, 0.3) is 11.1 Å². The molecular weight excluding hydrogens is 551 g/mol. The van der Waals surface area contributed by atoms with Crippen molar-refractivity contribution in [3.05, 3.63) is 102 Å². The number of nitriles is 1. The molecule has 2 amide bonds. The third-order valence-electron chi connectivity index (χ3n) is 7.31. The highest BCUT2D eigenvalue weighted by Gasteiger charge is 2.33. The Kier molecular flexibility index (Phi) is 7.82. The minimum absolute atomic E-state index is 0.0768. The van der Waals surface area contributed by atoms with Crippen LogP contribution in [0.5, 0.6) is 11.5 Å². The molecule has 0 radical (unpaired) electrons. The first kappa shape index (κ1) is 27.7. The number of ether oxygens (including phenoxy) is 2. The van der Waals surface area contributed by atoms with E-state index in [4.69, 9.17) is 9.47 Å². The molecule has 6 bridgehead atoms. The third kappa shape index (κ3) is 6.54. The molecule has 6 rings (SSSR count). The molecule has 43 heavy (non-hydrogen) atoms. The molecule has 11 heteroatoms. The zero-order valence-electron chi connectivity index (χ0n) is 23.0. The Labute approximate surface area is 247 Å². The van der Waals surface area contributed by atoms with Crippen molar-refractivity contribution in [1.82, 2.24) is 20.6 Å². The van der Waals surface area contributed by atoms with Crippen LogP contribution in [0.3, 0.4) is 0 Å². The number of aromatic nitrogens is 2. The van der Waals surface area contributed by atoms with Crippen LogP contribution in [0, 0.1) is 17.1 Å². The Hall–Kier alpha value is -5.50. The van der Waals surface area contributed by atoms with Gasteiger partial charge in [-0.3, -0.25) is 14.6 Å². The molecule has 1 fully saturated rings. The van der Waals surface area contributed by atoms with Gasteiger partial charge in [0.1, 0.15) is 29.2 Å². The van der Waals surface area contributed by atoms with Crippen LogP contribution < -0.4 is 25.0 Å². The third-order valence-corrected chi connectivity index (χ3v) is 7.31. The highest BCUT2D eigenvalue weighted by molar-refractivity contribution is 5.95. The molecule has 4 aromatic rings. The number of rotatable bonds is 1. The van der Waals surface area contributed by atoms with E-state index in [0.29, 0.717) is 53.3 Å². The standard InChI is InChI=1S/C32H27FN6O4/c33-25-8-21-9-27(13-25)43-29-5-7-39(30-10-20(14-34)4-6-36-30)18-28(29)38-32(41)24-11-23(16-35-17-24)22-2-1-3-26(12-22)42-19-31(40)37-15-21/h1-4,6,8-13,16-17,28-29H,5,7,15,18-19H2,(H,37,40)(H,38,41)/t28-,29+/m1/s1. The zero-order valence-corrected chi connectivity index (χ0v) is 23.0. The number of carbonyl (C=O) groups excluding carboxylic acids is 2. The van der Waals surface area contributed by atoms with E-state index in [0.717, 1.165) is 5.56 Å². The summed E-state index contributed by atoms with van der Waals surface area (Å²) in [6, 6.07) is 18.1. The van der Waals surface area contributed by atoms with Crippen LogP contribution in [0.2, 0.25) is 0 Å². The Balaban J connectivity index is 1.35. The first-order valence-electron chi connectivity index (χ1n) is 13.8. The minimum atomic E-state index is -0.525. The molecule has 0 unspecified atom stereocenters. The van der Waals surface area contributed by atoms with E-state index in [9.17, 15) is 19.2 Å². The number of fused-ring (bicyclic) bond motifs is 8. The van der Waals surface area contributed by atoms with Crippen molar-refractivity contribution in [2.75, 3.05) is 24.6 Å². The summed E-state index contributed by atoms with van der Waals surface area (Å²) in [5, 5.41) is 15.2. The number of nitrogens with one attached hydrogen (secondary N) is 2. The number of piperidine rings is 1. The molecular formula is C32H27FN6O4. The van der Waals surface area contributed by atoms with Gasteiger partial charge in [0.25, 0.3) is 11.8 Å². The molecule has 2 aromatic carbocycles. The average molecular weight is 579 g/mol. The predicted octanol–water partition coefficient (Wildman–Crippen LogP) is 3.62. The van der Waals surface area contributed by atoms with E-state index in [1.165, 1.54) is 18.3 Å². The maximum absolute atomic E-state index is 14.6. The number of hydrogen-bond donors (Lipinski definition) is 2. The summed E-state index contributed by atoms with van der Waals surface area (Å²) in [7, 11) is 0. The summed E-state index contributed by atoms with van der Waals surface area (Å²) in [5.74, 6) is 0.126. The number of anilines is 1. The quantitative estimate of drug-likeness (QED) is 0.351. The summed E-state index contributed by atoms with van der Waals surface area (Å²) >= 11 is 0. The van der Waals surface area contributed by atoms with Crippen LogP contribution >= 0.6 is 0 Å². The Morgan fingerprint density at radius 2 is 1.88 bits per heavy atom.